The van der Waals surface area contributed by atoms with E-state index in [0.717, 1.165) is 17.0 Å². The third-order valence-corrected chi connectivity index (χ3v) is 4.13. The summed E-state index contributed by atoms with van der Waals surface area (Å²) in [7, 11) is 1.68. The summed E-state index contributed by atoms with van der Waals surface area (Å²) in [5.74, 6) is 0.858. The van der Waals surface area contributed by atoms with E-state index in [2.05, 4.69) is 59.7 Å². The summed E-state index contributed by atoms with van der Waals surface area (Å²) in [6.07, 6.45) is 1.91. The summed E-state index contributed by atoms with van der Waals surface area (Å²) in [4.78, 5) is 4.71. The van der Waals surface area contributed by atoms with Gasteiger partial charge in [-0.15, -0.1) is 0 Å². The van der Waals surface area contributed by atoms with Crippen molar-refractivity contribution < 1.29 is 4.74 Å². The molecular formula is C22H29NO. The number of nitrogens with zero attached hydrogens (tertiary/aromatic N) is 1. The quantitative estimate of drug-likeness (QED) is 0.631. The summed E-state index contributed by atoms with van der Waals surface area (Å²) in [5, 5.41) is 0. The van der Waals surface area contributed by atoms with Crippen molar-refractivity contribution in [3.8, 4) is 5.75 Å². The zero-order chi connectivity index (χ0) is 18.0. The van der Waals surface area contributed by atoms with Crippen molar-refractivity contribution in [3.63, 3.8) is 0 Å². The van der Waals surface area contributed by atoms with Gasteiger partial charge in [0.05, 0.1) is 12.8 Å². The van der Waals surface area contributed by atoms with Gasteiger partial charge in [-0.3, -0.25) is 4.99 Å². The number of rotatable bonds is 3. The topological polar surface area (TPSA) is 21.6 Å². The van der Waals surface area contributed by atoms with Crippen molar-refractivity contribution >= 4 is 11.9 Å². The van der Waals surface area contributed by atoms with Crippen molar-refractivity contribution in [2.75, 3.05) is 7.11 Å². The lowest BCUT2D eigenvalue weighted by Crippen LogP contribution is -2.16. The summed E-state index contributed by atoms with van der Waals surface area (Å²) in [6.45, 7) is 13.5. The average Bonchev–Trinajstić information content (AvgIpc) is 2.51. The molecule has 0 aromatic heterocycles. The molecule has 2 aromatic carbocycles. The van der Waals surface area contributed by atoms with Crippen molar-refractivity contribution in [2.45, 2.75) is 52.4 Å². The Hall–Kier alpha value is -2.09. The van der Waals surface area contributed by atoms with Crippen LogP contribution in [-0.4, -0.2) is 13.3 Å². The number of hydrogen-bond donors (Lipinski definition) is 0. The lowest BCUT2D eigenvalue weighted by atomic mass is 9.80. The fraction of sp³-hybridized carbons (Fsp3) is 0.409. The molecule has 0 radical (unpaired) electrons. The highest BCUT2D eigenvalue weighted by Crippen LogP contribution is 2.33. The first kappa shape index (κ1) is 18.3. The van der Waals surface area contributed by atoms with E-state index in [-0.39, 0.29) is 10.8 Å². The Bertz CT molecular complexity index is 681. The first-order valence-corrected chi connectivity index (χ1v) is 8.44. The summed E-state index contributed by atoms with van der Waals surface area (Å²) >= 11 is 0. The molecular weight excluding hydrogens is 294 g/mol. The lowest BCUT2D eigenvalue weighted by Gasteiger charge is -2.25. The zero-order valence-corrected chi connectivity index (χ0v) is 16.0. The van der Waals surface area contributed by atoms with Crippen molar-refractivity contribution in [2.24, 2.45) is 4.99 Å². The first-order valence-electron chi connectivity index (χ1n) is 8.44. The first-order chi connectivity index (χ1) is 11.1. The summed E-state index contributed by atoms with van der Waals surface area (Å²) < 4.78 is 5.19. The Kier molecular flexibility index (Phi) is 5.17. The Morgan fingerprint density at radius 1 is 0.792 bits per heavy atom. The summed E-state index contributed by atoms with van der Waals surface area (Å²) in [6, 6.07) is 14.6. The molecule has 128 valence electrons. The molecule has 0 spiro atoms. The molecule has 0 unspecified atom stereocenters. The fourth-order valence-corrected chi connectivity index (χ4v) is 2.39. The SMILES string of the molecule is COc1ccc(C=Nc2cc(C(C)(C)C)cc(C(C)(C)C)c2)cc1. The predicted molar refractivity (Wildman–Crippen MR) is 104 cm³/mol. The van der Waals surface area contributed by atoms with E-state index in [0.29, 0.717) is 0 Å². The average molecular weight is 323 g/mol. The maximum absolute atomic E-state index is 5.19. The highest BCUT2D eigenvalue weighted by atomic mass is 16.5. The van der Waals surface area contributed by atoms with Gasteiger partial charge >= 0.3 is 0 Å². The molecule has 2 heteroatoms. The van der Waals surface area contributed by atoms with Crippen LogP contribution in [0.3, 0.4) is 0 Å². The maximum atomic E-state index is 5.19. The van der Waals surface area contributed by atoms with Crippen molar-refractivity contribution in [3.05, 3.63) is 59.2 Å². The van der Waals surface area contributed by atoms with E-state index in [1.165, 1.54) is 11.1 Å². The van der Waals surface area contributed by atoms with Gasteiger partial charge in [0.1, 0.15) is 5.75 Å². The second kappa shape index (κ2) is 6.80. The molecule has 2 aromatic rings. The van der Waals surface area contributed by atoms with E-state index in [1.807, 2.05) is 30.5 Å². The number of methoxy groups -OCH3 is 1. The lowest BCUT2D eigenvalue weighted by molar-refractivity contribution is 0.415. The molecule has 0 saturated heterocycles. The minimum atomic E-state index is 0.103. The van der Waals surface area contributed by atoms with Crippen LogP contribution in [0.5, 0.6) is 5.75 Å². The molecule has 0 atom stereocenters. The van der Waals surface area contributed by atoms with Gasteiger partial charge in [-0.05, 0) is 63.9 Å². The monoisotopic (exact) mass is 323 g/mol. The molecule has 0 saturated carbocycles. The molecule has 0 aliphatic rings. The van der Waals surface area contributed by atoms with Gasteiger partial charge in [-0.25, -0.2) is 0 Å². The second-order valence-corrected chi connectivity index (χ2v) is 8.30. The molecule has 0 N–H and O–H groups in total. The van der Waals surface area contributed by atoms with Crippen LogP contribution < -0.4 is 4.74 Å². The van der Waals surface area contributed by atoms with E-state index in [4.69, 9.17) is 9.73 Å². The smallest absolute Gasteiger partial charge is 0.118 e. The molecule has 2 rings (SSSR count). The van der Waals surface area contributed by atoms with Gasteiger partial charge < -0.3 is 4.74 Å². The predicted octanol–water partition coefficient (Wildman–Crippen LogP) is 6.04. The van der Waals surface area contributed by atoms with E-state index in [9.17, 15) is 0 Å². The molecule has 0 heterocycles. The second-order valence-electron chi connectivity index (χ2n) is 8.30. The van der Waals surface area contributed by atoms with Crippen LogP contribution in [0, 0.1) is 0 Å². The number of aliphatic imine (C=N–C) groups is 1. The van der Waals surface area contributed by atoms with Gasteiger partial charge in [0, 0.05) is 6.21 Å². The minimum absolute atomic E-state index is 0.103. The van der Waals surface area contributed by atoms with Crippen molar-refractivity contribution in [1.29, 1.82) is 0 Å². The van der Waals surface area contributed by atoms with Crippen LogP contribution in [0.4, 0.5) is 5.69 Å². The molecule has 0 aliphatic carbocycles. The van der Waals surface area contributed by atoms with Crippen molar-refractivity contribution in [1.82, 2.24) is 0 Å². The van der Waals surface area contributed by atoms with Gasteiger partial charge in [0.25, 0.3) is 0 Å². The summed E-state index contributed by atoms with van der Waals surface area (Å²) in [5.41, 5.74) is 4.91. The molecule has 0 aliphatic heterocycles. The van der Waals surface area contributed by atoms with Gasteiger partial charge in [-0.1, -0.05) is 47.6 Å². The van der Waals surface area contributed by atoms with Gasteiger partial charge in [-0.2, -0.15) is 0 Å². The van der Waals surface area contributed by atoms with E-state index < -0.39 is 0 Å². The molecule has 24 heavy (non-hydrogen) atoms. The maximum Gasteiger partial charge on any atom is 0.118 e. The van der Waals surface area contributed by atoms with Crippen LogP contribution in [0.25, 0.3) is 0 Å². The van der Waals surface area contributed by atoms with Gasteiger partial charge in [0.15, 0.2) is 0 Å². The van der Waals surface area contributed by atoms with Crippen LogP contribution in [0.2, 0.25) is 0 Å². The van der Waals surface area contributed by atoms with Crippen LogP contribution >= 0.6 is 0 Å². The van der Waals surface area contributed by atoms with Crippen LogP contribution in [0.1, 0.15) is 58.2 Å². The standard InChI is InChI=1S/C22H29NO/c1-21(2,3)17-12-18(22(4,5)6)14-19(13-17)23-15-16-8-10-20(24-7)11-9-16/h8-15H,1-7H3. The van der Waals surface area contributed by atoms with Gasteiger partial charge in [0.2, 0.25) is 0 Å². The van der Waals surface area contributed by atoms with Crippen LogP contribution in [-0.2, 0) is 10.8 Å². The van der Waals surface area contributed by atoms with E-state index in [1.54, 1.807) is 7.11 Å². The molecule has 0 fully saturated rings. The Balaban J connectivity index is 2.39. The third kappa shape index (κ3) is 4.70. The third-order valence-electron chi connectivity index (χ3n) is 4.13. The largest absolute Gasteiger partial charge is 0.497 e. The Labute approximate surface area is 146 Å². The normalized spacial score (nSPS) is 12.6. The van der Waals surface area contributed by atoms with E-state index >= 15 is 0 Å². The number of ether oxygens (including phenoxy) is 1. The number of benzene rings is 2. The molecule has 0 amide bonds. The Morgan fingerprint density at radius 2 is 1.29 bits per heavy atom. The van der Waals surface area contributed by atoms with Crippen LogP contribution in [0.15, 0.2) is 47.5 Å². The molecule has 0 bridgehead atoms. The molecule has 2 nitrogen and oxygen atoms in total. The Morgan fingerprint density at radius 3 is 1.71 bits per heavy atom. The highest BCUT2D eigenvalue weighted by Gasteiger charge is 2.20. The highest BCUT2D eigenvalue weighted by molar-refractivity contribution is 5.82. The minimum Gasteiger partial charge on any atom is -0.497 e. The number of hydrogen-bond acceptors (Lipinski definition) is 2. The zero-order valence-electron chi connectivity index (χ0n) is 16.0. The fourth-order valence-electron chi connectivity index (χ4n) is 2.39.